The van der Waals surface area contributed by atoms with E-state index in [0.717, 1.165) is 103 Å². The standard InChI is InChI=1S/C43H54N6O5S/c1-27-15-17-32(26-46(2)3)49(27)43(51)37-24-44-47(4)40(37)31-21-30-22-33(54-5)18-20-35(30)41-39(28-11-7-6-8-12-28)36-19-16-29(23-38(36)48(41)25-31)42(50)45-55(52,53)34-13-9-10-14-34/h16,18-24,27-28,32,34H,6-15,17,25-26H2,1-5H3,(H,45,50). The number of fused-ring (bicyclic) bond motifs is 5. The highest BCUT2D eigenvalue weighted by molar-refractivity contribution is 7.90. The van der Waals surface area contributed by atoms with Crippen LogP contribution in [-0.4, -0.2) is 89.5 Å². The number of sulfonamides is 1. The normalized spacial score (nSPS) is 20.8. The quantitative estimate of drug-likeness (QED) is 0.191. The maximum absolute atomic E-state index is 14.7. The second-order valence-corrected chi connectivity index (χ2v) is 18.5. The molecular formula is C43H54N6O5S. The van der Waals surface area contributed by atoms with Gasteiger partial charge in [-0.15, -0.1) is 0 Å². The highest BCUT2D eigenvalue weighted by Gasteiger charge is 2.38. The maximum atomic E-state index is 14.7. The zero-order valence-corrected chi connectivity index (χ0v) is 33.6. The molecule has 4 heterocycles. The number of likely N-dealkylation sites (N-methyl/N-ethyl adjacent to an activating group) is 1. The lowest BCUT2D eigenvalue weighted by Gasteiger charge is -2.30. The van der Waals surface area contributed by atoms with Crippen molar-refractivity contribution >= 4 is 44.4 Å². The zero-order chi connectivity index (χ0) is 38.6. The van der Waals surface area contributed by atoms with Gasteiger partial charge in [-0.1, -0.05) is 38.2 Å². The Kier molecular flexibility index (Phi) is 10.2. The Morgan fingerprint density at radius 1 is 0.945 bits per heavy atom. The zero-order valence-electron chi connectivity index (χ0n) is 32.8. The van der Waals surface area contributed by atoms with E-state index >= 15 is 0 Å². The molecule has 1 saturated heterocycles. The van der Waals surface area contributed by atoms with Crippen molar-refractivity contribution in [2.24, 2.45) is 7.05 Å². The molecule has 0 spiro atoms. The molecule has 2 amide bonds. The lowest BCUT2D eigenvalue weighted by Crippen LogP contribution is -2.44. The predicted octanol–water partition coefficient (Wildman–Crippen LogP) is 7.21. The van der Waals surface area contributed by atoms with Gasteiger partial charge in [-0.3, -0.25) is 14.3 Å². The number of hydrogen-bond acceptors (Lipinski definition) is 7. The first kappa shape index (κ1) is 37.5. The first-order chi connectivity index (χ1) is 26.4. The highest BCUT2D eigenvalue weighted by atomic mass is 32.2. The molecule has 4 aromatic rings. The number of nitrogens with zero attached hydrogens (tertiary/aromatic N) is 5. The number of carbonyl (C=O) groups is 2. The summed E-state index contributed by atoms with van der Waals surface area (Å²) in [5, 5.41) is 5.22. The van der Waals surface area contributed by atoms with Crippen molar-refractivity contribution < 1.29 is 22.7 Å². The van der Waals surface area contributed by atoms with Crippen LogP contribution in [0.4, 0.5) is 0 Å². The number of rotatable bonds is 9. The lowest BCUT2D eigenvalue weighted by molar-refractivity contribution is 0.0655. The van der Waals surface area contributed by atoms with Gasteiger partial charge < -0.3 is 19.1 Å². The third kappa shape index (κ3) is 6.90. The van der Waals surface area contributed by atoms with Crippen molar-refractivity contribution in [3.8, 4) is 17.0 Å². The van der Waals surface area contributed by atoms with Crippen molar-refractivity contribution in [3.05, 3.63) is 70.5 Å². The van der Waals surface area contributed by atoms with E-state index in [2.05, 4.69) is 44.2 Å². The molecule has 2 atom stereocenters. The minimum Gasteiger partial charge on any atom is -0.497 e. The fourth-order valence-corrected chi connectivity index (χ4v) is 11.4. The minimum atomic E-state index is -3.80. The summed E-state index contributed by atoms with van der Waals surface area (Å²) in [6.07, 6.45) is 14.3. The van der Waals surface area contributed by atoms with Crippen LogP contribution in [0.15, 0.2) is 42.6 Å². The van der Waals surface area contributed by atoms with E-state index in [1.165, 1.54) is 12.0 Å². The second kappa shape index (κ2) is 14.9. The van der Waals surface area contributed by atoms with Crippen LogP contribution in [0, 0.1) is 0 Å². The van der Waals surface area contributed by atoms with Crippen molar-refractivity contribution in [1.29, 1.82) is 0 Å². The molecule has 1 N–H and O–H groups in total. The molecule has 11 nitrogen and oxygen atoms in total. The van der Waals surface area contributed by atoms with E-state index in [1.807, 2.05) is 44.0 Å². The molecule has 8 rings (SSSR count). The number of amides is 2. The first-order valence-electron chi connectivity index (χ1n) is 20.1. The topological polar surface area (TPSA) is 119 Å². The number of aromatic nitrogens is 3. The van der Waals surface area contributed by atoms with Crippen LogP contribution >= 0.6 is 0 Å². The number of ether oxygens (including phenoxy) is 1. The SMILES string of the molecule is COc1ccc2c(c1)C=C(c1c(C(=O)N3C(C)CCC3CN(C)C)cnn1C)Cn1c-2c(C2CCCCC2)c2ccc(C(=O)NS(=O)(=O)C3CCCC3)cc21. The summed E-state index contributed by atoms with van der Waals surface area (Å²) in [6.45, 7) is 3.34. The minimum absolute atomic E-state index is 0.0149. The molecule has 2 aromatic heterocycles. The highest BCUT2D eigenvalue weighted by Crippen LogP contribution is 2.48. The van der Waals surface area contributed by atoms with E-state index in [9.17, 15) is 18.0 Å². The number of carbonyl (C=O) groups excluding carboxylic acids is 2. The van der Waals surface area contributed by atoms with Crippen LogP contribution in [0.5, 0.6) is 5.75 Å². The summed E-state index contributed by atoms with van der Waals surface area (Å²) in [7, 11) is 3.87. The molecular weight excluding hydrogens is 713 g/mol. The molecule has 292 valence electrons. The largest absolute Gasteiger partial charge is 0.497 e. The average Bonchev–Trinajstić information content (AvgIpc) is 3.96. The number of benzene rings is 2. The first-order valence-corrected chi connectivity index (χ1v) is 21.6. The number of hydrogen-bond donors (Lipinski definition) is 1. The molecule has 55 heavy (non-hydrogen) atoms. The Balaban J connectivity index is 1.29. The molecule has 2 unspecified atom stereocenters. The van der Waals surface area contributed by atoms with E-state index < -0.39 is 21.2 Å². The number of allylic oxidation sites excluding steroid dienone is 1. The van der Waals surface area contributed by atoms with Gasteiger partial charge >= 0.3 is 0 Å². The van der Waals surface area contributed by atoms with Gasteiger partial charge in [-0.05, 0) is 119 Å². The Labute approximate surface area is 324 Å². The van der Waals surface area contributed by atoms with Gasteiger partial charge in [0.1, 0.15) is 5.75 Å². The summed E-state index contributed by atoms with van der Waals surface area (Å²) in [4.78, 5) is 32.6. The van der Waals surface area contributed by atoms with Crippen LogP contribution in [0.2, 0.25) is 0 Å². The number of likely N-dealkylation sites (tertiary alicyclic amines) is 1. The summed E-state index contributed by atoms with van der Waals surface area (Å²) in [5.74, 6) is 0.438. The van der Waals surface area contributed by atoms with Gasteiger partial charge in [0.2, 0.25) is 10.0 Å². The van der Waals surface area contributed by atoms with E-state index in [0.29, 0.717) is 36.4 Å². The molecule has 2 aromatic carbocycles. The van der Waals surface area contributed by atoms with Gasteiger partial charge in [-0.2, -0.15) is 5.10 Å². The lowest BCUT2D eigenvalue weighted by atomic mass is 9.81. The fraction of sp³-hybridized carbons (Fsp3) is 0.512. The smallest absolute Gasteiger partial charge is 0.264 e. The number of nitrogens with one attached hydrogen (secondary N) is 1. The molecule has 2 saturated carbocycles. The van der Waals surface area contributed by atoms with Crippen molar-refractivity contribution in [2.75, 3.05) is 27.7 Å². The van der Waals surface area contributed by atoms with Crippen LogP contribution in [0.1, 0.15) is 121 Å². The van der Waals surface area contributed by atoms with Crippen molar-refractivity contribution in [1.82, 2.24) is 28.9 Å². The fourth-order valence-electron chi connectivity index (χ4n) is 9.95. The van der Waals surface area contributed by atoms with Gasteiger partial charge in [0, 0.05) is 47.7 Å². The van der Waals surface area contributed by atoms with Crippen molar-refractivity contribution in [2.45, 2.75) is 107 Å². The third-order valence-corrected chi connectivity index (χ3v) is 14.4. The molecule has 2 aliphatic heterocycles. The van der Waals surface area contributed by atoms with Crippen molar-refractivity contribution in [3.63, 3.8) is 0 Å². The molecule has 2 aliphatic carbocycles. The van der Waals surface area contributed by atoms with Crippen LogP contribution in [0.3, 0.4) is 0 Å². The van der Waals surface area contributed by atoms with E-state index in [-0.39, 0.29) is 18.0 Å². The van der Waals surface area contributed by atoms with Gasteiger partial charge in [0.25, 0.3) is 11.8 Å². The Morgan fingerprint density at radius 2 is 1.69 bits per heavy atom. The van der Waals surface area contributed by atoms with Gasteiger partial charge in [0.05, 0.1) is 42.1 Å². The molecule has 0 bridgehead atoms. The van der Waals surface area contributed by atoms with Gasteiger partial charge in [0.15, 0.2) is 0 Å². The monoisotopic (exact) mass is 766 g/mol. The van der Waals surface area contributed by atoms with Crippen LogP contribution in [0.25, 0.3) is 33.8 Å². The number of methoxy groups -OCH3 is 1. The average molecular weight is 767 g/mol. The summed E-state index contributed by atoms with van der Waals surface area (Å²) in [6, 6.07) is 12.1. The molecule has 12 heteroatoms. The van der Waals surface area contributed by atoms with E-state index in [4.69, 9.17) is 9.84 Å². The molecule has 3 fully saturated rings. The summed E-state index contributed by atoms with van der Waals surface area (Å²) in [5.41, 5.74) is 7.80. The Bertz CT molecular complexity index is 2270. The second-order valence-electron chi connectivity index (χ2n) is 16.5. The Hall–Kier alpha value is -4.42. The summed E-state index contributed by atoms with van der Waals surface area (Å²) >= 11 is 0. The maximum Gasteiger partial charge on any atom is 0.264 e. The number of aryl methyl sites for hydroxylation is 1. The van der Waals surface area contributed by atoms with Gasteiger partial charge in [-0.25, -0.2) is 13.1 Å². The third-order valence-electron chi connectivity index (χ3n) is 12.6. The molecule has 4 aliphatic rings. The molecule has 0 radical (unpaired) electrons. The van der Waals surface area contributed by atoms with E-state index in [1.54, 1.807) is 19.4 Å². The summed E-state index contributed by atoms with van der Waals surface area (Å²) < 4.78 is 38.8. The van der Waals surface area contributed by atoms with Crippen LogP contribution < -0.4 is 9.46 Å². The Morgan fingerprint density at radius 3 is 2.42 bits per heavy atom. The predicted molar refractivity (Wildman–Crippen MR) is 217 cm³/mol. The van der Waals surface area contributed by atoms with Crippen LogP contribution in [-0.2, 0) is 23.6 Å².